The Morgan fingerprint density at radius 1 is 1.11 bits per heavy atom. The number of pyridine rings is 1. The first-order valence-electron chi connectivity index (χ1n) is 9.51. The largest absolute Gasteiger partial charge is 0.336 e. The molecule has 1 aliphatic rings. The fourth-order valence-electron chi connectivity index (χ4n) is 3.55. The van der Waals surface area contributed by atoms with Gasteiger partial charge in [-0.1, -0.05) is 6.07 Å². The van der Waals surface area contributed by atoms with E-state index in [1.165, 1.54) is 35.5 Å². The highest BCUT2D eigenvalue weighted by molar-refractivity contribution is 5.89. The molecule has 4 rings (SSSR count). The van der Waals surface area contributed by atoms with Gasteiger partial charge < -0.3 is 10.6 Å². The number of carbonyl (C=O) groups excluding carboxylic acids is 1. The van der Waals surface area contributed by atoms with Crippen molar-refractivity contribution in [2.75, 3.05) is 11.9 Å². The van der Waals surface area contributed by atoms with Gasteiger partial charge in [0.05, 0.1) is 12.2 Å². The molecule has 0 saturated carbocycles. The summed E-state index contributed by atoms with van der Waals surface area (Å²) in [5.41, 5.74) is 4.91. The first-order chi connectivity index (χ1) is 13.7. The van der Waals surface area contributed by atoms with E-state index in [4.69, 9.17) is 5.10 Å². The van der Waals surface area contributed by atoms with Crippen molar-refractivity contribution < 1.29 is 9.18 Å². The predicted molar refractivity (Wildman–Crippen MR) is 106 cm³/mol. The highest BCUT2D eigenvalue weighted by Crippen LogP contribution is 2.30. The average molecular weight is 379 g/mol. The van der Waals surface area contributed by atoms with E-state index < -0.39 is 0 Å². The summed E-state index contributed by atoms with van der Waals surface area (Å²) in [6.45, 7) is 1.04. The minimum absolute atomic E-state index is 0.322. The Morgan fingerprint density at radius 2 is 1.93 bits per heavy atom. The number of urea groups is 1. The van der Waals surface area contributed by atoms with Crippen LogP contribution in [-0.4, -0.2) is 27.3 Å². The van der Waals surface area contributed by atoms with Crippen molar-refractivity contribution >= 4 is 11.7 Å². The first kappa shape index (κ1) is 18.2. The van der Waals surface area contributed by atoms with Crippen molar-refractivity contribution in [3.05, 3.63) is 65.7 Å². The van der Waals surface area contributed by atoms with Gasteiger partial charge in [-0.05, 0) is 62.1 Å². The molecule has 6 nitrogen and oxygen atoms in total. The molecule has 0 saturated heterocycles. The van der Waals surface area contributed by atoms with Crippen LogP contribution in [0.5, 0.6) is 0 Å². The van der Waals surface area contributed by atoms with Gasteiger partial charge in [-0.15, -0.1) is 0 Å². The molecule has 2 N–H and O–H groups in total. The van der Waals surface area contributed by atoms with Gasteiger partial charge in [-0.25, -0.2) is 9.18 Å². The molecule has 2 aromatic heterocycles. The zero-order valence-electron chi connectivity index (χ0n) is 15.5. The van der Waals surface area contributed by atoms with Crippen LogP contribution in [0.25, 0.3) is 11.4 Å². The molecular weight excluding hydrogens is 357 g/mol. The lowest BCUT2D eigenvalue weighted by Crippen LogP contribution is -2.32. The van der Waals surface area contributed by atoms with Crippen molar-refractivity contribution in [1.29, 1.82) is 0 Å². The number of fused-ring (bicyclic) bond motifs is 1. The van der Waals surface area contributed by atoms with Gasteiger partial charge in [0.15, 0.2) is 0 Å². The van der Waals surface area contributed by atoms with Crippen molar-refractivity contribution in [2.45, 2.75) is 32.2 Å². The molecule has 0 spiro atoms. The number of hydrogen-bond acceptors (Lipinski definition) is 3. The van der Waals surface area contributed by atoms with Crippen LogP contribution in [0, 0.1) is 5.82 Å². The third kappa shape index (κ3) is 4.03. The number of carbonyl (C=O) groups is 1. The smallest absolute Gasteiger partial charge is 0.319 e. The molecule has 28 heavy (non-hydrogen) atoms. The van der Waals surface area contributed by atoms with Gasteiger partial charge in [-0.3, -0.25) is 9.67 Å². The molecule has 0 fully saturated rings. The lowest BCUT2D eigenvalue weighted by Gasteiger charge is -2.14. The first-order valence-corrected chi connectivity index (χ1v) is 9.51. The minimum atomic E-state index is -0.335. The SMILES string of the molecule is O=C(NCCn1nc(-c2ccccn2)c2c1CCCC2)Nc1ccc(F)cc1. The number of nitrogens with zero attached hydrogens (tertiary/aromatic N) is 3. The summed E-state index contributed by atoms with van der Waals surface area (Å²) in [6, 6.07) is 11.2. The fourth-order valence-corrected chi connectivity index (χ4v) is 3.55. The Labute approximate surface area is 162 Å². The van der Waals surface area contributed by atoms with Gasteiger partial charge in [0, 0.05) is 29.7 Å². The lowest BCUT2D eigenvalue weighted by molar-refractivity contribution is 0.251. The van der Waals surface area contributed by atoms with Crippen LogP contribution in [0.3, 0.4) is 0 Å². The summed E-state index contributed by atoms with van der Waals surface area (Å²) in [6.07, 6.45) is 6.11. The number of nitrogens with one attached hydrogen (secondary N) is 2. The van der Waals surface area contributed by atoms with E-state index in [2.05, 4.69) is 15.6 Å². The van der Waals surface area contributed by atoms with E-state index in [9.17, 15) is 9.18 Å². The van der Waals surface area contributed by atoms with Crippen LogP contribution >= 0.6 is 0 Å². The number of hydrogen-bond donors (Lipinski definition) is 2. The molecule has 0 unspecified atom stereocenters. The van der Waals surface area contributed by atoms with Crippen LogP contribution in [-0.2, 0) is 19.4 Å². The summed E-state index contributed by atoms with van der Waals surface area (Å²) in [4.78, 5) is 16.5. The lowest BCUT2D eigenvalue weighted by atomic mass is 9.95. The number of aromatic nitrogens is 3. The van der Waals surface area contributed by atoms with Gasteiger partial charge >= 0.3 is 6.03 Å². The fraction of sp³-hybridized carbons (Fsp3) is 0.286. The molecular formula is C21H22FN5O. The number of amides is 2. The van der Waals surface area contributed by atoms with Crippen LogP contribution < -0.4 is 10.6 Å². The molecule has 0 radical (unpaired) electrons. The average Bonchev–Trinajstić information content (AvgIpc) is 3.09. The van der Waals surface area contributed by atoms with Crippen molar-refractivity contribution in [1.82, 2.24) is 20.1 Å². The normalized spacial score (nSPS) is 13.0. The van der Waals surface area contributed by atoms with Crippen molar-refractivity contribution in [2.24, 2.45) is 0 Å². The topological polar surface area (TPSA) is 71.8 Å². The minimum Gasteiger partial charge on any atom is -0.336 e. The third-order valence-corrected chi connectivity index (χ3v) is 4.88. The molecule has 0 bridgehead atoms. The Hall–Kier alpha value is -3.22. The van der Waals surface area contributed by atoms with Crippen LogP contribution in [0.4, 0.5) is 14.9 Å². The molecule has 144 valence electrons. The second kappa shape index (κ2) is 8.21. The Balaban J connectivity index is 1.41. The molecule has 1 aliphatic carbocycles. The van der Waals surface area contributed by atoms with E-state index in [0.717, 1.165) is 37.1 Å². The summed E-state index contributed by atoms with van der Waals surface area (Å²) in [5.74, 6) is -0.335. The maximum absolute atomic E-state index is 12.9. The number of benzene rings is 1. The third-order valence-electron chi connectivity index (χ3n) is 4.88. The van der Waals surface area contributed by atoms with E-state index in [1.54, 1.807) is 6.20 Å². The van der Waals surface area contributed by atoms with Gasteiger partial charge in [0.2, 0.25) is 0 Å². The number of anilines is 1. The maximum atomic E-state index is 12.9. The van der Waals surface area contributed by atoms with Crippen LogP contribution in [0.1, 0.15) is 24.1 Å². The number of halogens is 1. The zero-order valence-corrected chi connectivity index (χ0v) is 15.5. The van der Waals surface area contributed by atoms with Gasteiger partial charge in [-0.2, -0.15) is 5.10 Å². The molecule has 0 aliphatic heterocycles. The molecule has 1 aromatic carbocycles. The van der Waals surface area contributed by atoms with Crippen molar-refractivity contribution in [3.63, 3.8) is 0 Å². The second-order valence-electron chi connectivity index (χ2n) is 6.81. The Morgan fingerprint density at radius 3 is 2.71 bits per heavy atom. The Kier molecular flexibility index (Phi) is 5.32. The molecule has 7 heteroatoms. The molecule has 2 amide bonds. The quantitative estimate of drug-likeness (QED) is 0.709. The van der Waals surface area contributed by atoms with Crippen molar-refractivity contribution in [3.8, 4) is 11.4 Å². The van der Waals surface area contributed by atoms with Crippen LogP contribution in [0.2, 0.25) is 0 Å². The highest BCUT2D eigenvalue weighted by atomic mass is 19.1. The van der Waals surface area contributed by atoms with E-state index in [0.29, 0.717) is 18.8 Å². The maximum Gasteiger partial charge on any atom is 0.319 e. The van der Waals surface area contributed by atoms with Crippen LogP contribution in [0.15, 0.2) is 48.7 Å². The molecule has 2 heterocycles. The highest BCUT2D eigenvalue weighted by Gasteiger charge is 2.22. The standard InChI is InChI=1S/C21H22FN5O/c22-15-8-10-16(11-9-15)25-21(28)24-13-14-27-19-7-2-1-5-17(19)20(26-27)18-6-3-4-12-23-18/h3-4,6,8-12H,1-2,5,7,13-14H2,(H2,24,25,28). The van der Waals surface area contributed by atoms with E-state index in [1.807, 2.05) is 22.9 Å². The van der Waals surface area contributed by atoms with Gasteiger partial charge in [0.25, 0.3) is 0 Å². The second-order valence-corrected chi connectivity index (χ2v) is 6.81. The summed E-state index contributed by atoms with van der Waals surface area (Å²) < 4.78 is 14.9. The summed E-state index contributed by atoms with van der Waals surface area (Å²) in [7, 11) is 0. The summed E-state index contributed by atoms with van der Waals surface area (Å²) >= 11 is 0. The van der Waals surface area contributed by atoms with E-state index >= 15 is 0 Å². The zero-order chi connectivity index (χ0) is 19.3. The van der Waals surface area contributed by atoms with Gasteiger partial charge in [0.1, 0.15) is 11.5 Å². The number of rotatable bonds is 5. The predicted octanol–water partition coefficient (Wildman–Crippen LogP) is 3.78. The summed E-state index contributed by atoms with van der Waals surface area (Å²) in [5, 5.41) is 10.3. The molecule has 3 aromatic rings. The molecule has 0 atom stereocenters. The van der Waals surface area contributed by atoms with E-state index in [-0.39, 0.29) is 11.8 Å². The Bertz CT molecular complexity index is 953. The monoisotopic (exact) mass is 379 g/mol.